The number of hydrogen-bond acceptors (Lipinski definition) is 1. The Hall–Kier alpha value is -5.96. The van der Waals surface area contributed by atoms with Crippen LogP contribution >= 0.6 is 11.3 Å². The number of thiophene rings is 1. The molecule has 0 aliphatic heterocycles. The quantitative estimate of drug-likeness (QED) is 0.162. The molecule has 0 spiro atoms. The van der Waals surface area contributed by atoms with Gasteiger partial charge in [0, 0.05) is 41.7 Å². The van der Waals surface area contributed by atoms with Crippen LogP contribution in [0.3, 0.4) is 0 Å². The zero-order chi connectivity index (χ0) is 33.6. The highest BCUT2D eigenvalue weighted by molar-refractivity contribution is 7.25. The molecule has 11 aromatic rings. The third-order valence-corrected chi connectivity index (χ3v) is 13.1. The van der Waals surface area contributed by atoms with Gasteiger partial charge in [0.05, 0.1) is 16.7 Å². The molecule has 0 radical (unpaired) electrons. The summed E-state index contributed by atoms with van der Waals surface area (Å²) in [4.78, 5) is 0. The van der Waals surface area contributed by atoms with E-state index in [4.69, 9.17) is 0 Å². The molecular weight excluding hydrogens is 635 g/mol. The van der Waals surface area contributed by atoms with E-state index in [9.17, 15) is 0 Å². The van der Waals surface area contributed by atoms with Gasteiger partial charge in [-0.2, -0.15) is 0 Å². The van der Waals surface area contributed by atoms with Crippen LogP contribution in [0.15, 0.2) is 152 Å². The van der Waals surface area contributed by atoms with E-state index in [-0.39, 0.29) is 5.41 Å². The van der Waals surface area contributed by atoms with E-state index in [2.05, 4.69) is 170 Å². The smallest absolute Gasteiger partial charge is 0.0555 e. The van der Waals surface area contributed by atoms with Gasteiger partial charge >= 0.3 is 0 Å². The second kappa shape index (κ2) is 9.63. The first-order valence-corrected chi connectivity index (χ1v) is 18.7. The lowest BCUT2D eigenvalue weighted by Crippen LogP contribution is -2.15. The van der Waals surface area contributed by atoms with Crippen molar-refractivity contribution in [2.24, 2.45) is 0 Å². The average Bonchev–Trinajstić information content (AvgIpc) is 3.77. The van der Waals surface area contributed by atoms with Crippen molar-refractivity contribution in [3.05, 3.63) is 163 Å². The van der Waals surface area contributed by atoms with Crippen LogP contribution in [-0.2, 0) is 5.41 Å². The van der Waals surface area contributed by atoms with Gasteiger partial charge in [-0.3, -0.25) is 0 Å². The molecule has 51 heavy (non-hydrogen) atoms. The maximum Gasteiger partial charge on any atom is 0.0555 e. The Balaban J connectivity index is 1.24. The first kappa shape index (κ1) is 27.8. The molecule has 9 aromatic carbocycles. The van der Waals surface area contributed by atoms with Crippen LogP contribution in [-0.4, -0.2) is 4.57 Å². The summed E-state index contributed by atoms with van der Waals surface area (Å²) in [6.45, 7) is 4.78. The van der Waals surface area contributed by atoms with Gasteiger partial charge in [0.1, 0.15) is 0 Å². The number of fused-ring (bicyclic) bond motifs is 9. The molecule has 0 N–H and O–H groups in total. The predicted molar refractivity (Wildman–Crippen MR) is 220 cm³/mol. The monoisotopic (exact) mass is 665 g/mol. The molecule has 1 aliphatic rings. The van der Waals surface area contributed by atoms with Gasteiger partial charge in [0.2, 0.25) is 0 Å². The third kappa shape index (κ3) is 3.55. The molecule has 2 heterocycles. The predicted octanol–water partition coefficient (Wildman–Crippen LogP) is 14.0. The van der Waals surface area contributed by atoms with Gasteiger partial charge in [0.25, 0.3) is 0 Å². The van der Waals surface area contributed by atoms with Crippen molar-refractivity contribution in [1.29, 1.82) is 0 Å². The minimum absolute atomic E-state index is 0.0888. The maximum absolute atomic E-state index is 2.58. The van der Waals surface area contributed by atoms with Gasteiger partial charge < -0.3 is 4.57 Å². The number of nitrogens with zero attached hydrogens (tertiary/aromatic N) is 1. The third-order valence-electron chi connectivity index (χ3n) is 11.9. The highest BCUT2D eigenvalue weighted by Gasteiger charge is 2.36. The zero-order valence-electron chi connectivity index (χ0n) is 28.3. The lowest BCUT2D eigenvalue weighted by Gasteiger charge is -2.22. The summed E-state index contributed by atoms with van der Waals surface area (Å²) in [6.07, 6.45) is 0. The molecule has 2 heteroatoms. The molecule has 0 fully saturated rings. The largest absolute Gasteiger partial charge is 0.309 e. The number of aromatic nitrogens is 1. The molecule has 238 valence electrons. The van der Waals surface area contributed by atoms with Crippen molar-refractivity contribution in [1.82, 2.24) is 4.57 Å². The molecule has 1 aliphatic carbocycles. The standard InChI is InChI=1S/C49H31NS/c1-49(2)40-14-8-6-12-32(40)36-24-37-38-25-39-33-13-7-9-15-45(33)51-46(39)27-44(38)50(43(37)26-41(36)49)42-23-19-30-17-21-34-31(28-10-4-3-5-11-28)20-16-29-18-22-35(42)48(30)47(29)34/h3-27H,1-2H3. The van der Waals surface area contributed by atoms with E-state index in [0.29, 0.717) is 0 Å². The van der Waals surface area contributed by atoms with Crippen molar-refractivity contribution in [2.75, 3.05) is 0 Å². The molecule has 0 saturated heterocycles. The van der Waals surface area contributed by atoms with Crippen molar-refractivity contribution >= 4 is 85.6 Å². The van der Waals surface area contributed by atoms with Gasteiger partial charge in [-0.25, -0.2) is 0 Å². The van der Waals surface area contributed by atoms with Crippen LogP contribution < -0.4 is 0 Å². The Bertz CT molecular complexity index is 3260. The molecule has 0 atom stereocenters. The number of benzene rings is 9. The summed E-state index contributed by atoms with van der Waals surface area (Å²) < 4.78 is 5.25. The summed E-state index contributed by atoms with van der Waals surface area (Å²) in [5, 5.41) is 13.1. The first-order chi connectivity index (χ1) is 25.0. The Labute approximate surface area is 299 Å². The summed E-state index contributed by atoms with van der Waals surface area (Å²) in [7, 11) is 0. The van der Waals surface area contributed by atoms with Gasteiger partial charge in [-0.15, -0.1) is 11.3 Å². The van der Waals surface area contributed by atoms with E-state index >= 15 is 0 Å². The Morgan fingerprint density at radius 1 is 0.431 bits per heavy atom. The lowest BCUT2D eigenvalue weighted by molar-refractivity contribution is 0.661. The van der Waals surface area contributed by atoms with Gasteiger partial charge in [0.15, 0.2) is 0 Å². The number of hydrogen-bond donors (Lipinski definition) is 0. The van der Waals surface area contributed by atoms with Crippen LogP contribution in [0, 0.1) is 0 Å². The molecular formula is C49H31NS. The van der Waals surface area contributed by atoms with E-state index < -0.39 is 0 Å². The minimum Gasteiger partial charge on any atom is -0.309 e. The van der Waals surface area contributed by atoms with E-state index in [0.717, 1.165) is 0 Å². The van der Waals surface area contributed by atoms with Crippen molar-refractivity contribution in [3.8, 4) is 27.9 Å². The van der Waals surface area contributed by atoms with Crippen molar-refractivity contribution in [2.45, 2.75) is 19.3 Å². The summed E-state index contributed by atoms with van der Waals surface area (Å²) in [5.41, 5.74) is 11.7. The fourth-order valence-corrected chi connectivity index (χ4v) is 10.7. The molecule has 0 saturated carbocycles. The maximum atomic E-state index is 2.58. The molecule has 2 aromatic heterocycles. The van der Waals surface area contributed by atoms with E-state index in [1.54, 1.807) is 0 Å². The normalized spacial score (nSPS) is 13.8. The Kier molecular flexibility index (Phi) is 5.25. The molecule has 1 nitrogen and oxygen atoms in total. The molecule has 12 rings (SSSR count). The summed E-state index contributed by atoms with van der Waals surface area (Å²) >= 11 is 1.90. The highest BCUT2D eigenvalue weighted by Crippen LogP contribution is 2.52. The van der Waals surface area contributed by atoms with E-state index in [1.807, 2.05) is 11.3 Å². The van der Waals surface area contributed by atoms with E-state index in [1.165, 1.54) is 113 Å². The van der Waals surface area contributed by atoms with Crippen LogP contribution in [0.25, 0.3) is 102 Å². The molecule has 0 unspecified atom stereocenters. The van der Waals surface area contributed by atoms with Crippen molar-refractivity contribution in [3.63, 3.8) is 0 Å². The summed E-state index contributed by atoms with van der Waals surface area (Å²) in [5.74, 6) is 0. The van der Waals surface area contributed by atoms with Crippen LogP contribution in [0.5, 0.6) is 0 Å². The van der Waals surface area contributed by atoms with Gasteiger partial charge in [-0.1, -0.05) is 129 Å². The van der Waals surface area contributed by atoms with Crippen LogP contribution in [0.4, 0.5) is 0 Å². The topological polar surface area (TPSA) is 4.93 Å². The van der Waals surface area contributed by atoms with Crippen LogP contribution in [0.2, 0.25) is 0 Å². The van der Waals surface area contributed by atoms with Gasteiger partial charge in [-0.05, 0) is 96.7 Å². The lowest BCUT2D eigenvalue weighted by atomic mass is 9.82. The average molecular weight is 666 g/mol. The second-order valence-electron chi connectivity index (χ2n) is 14.9. The first-order valence-electron chi connectivity index (χ1n) is 17.8. The summed E-state index contributed by atoms with van der Waals surface area (Å²) in [6, 6.07) is 57.3. The zero-order valence-corrected chi connectivity index (χ0v) is 29.1. The molecule has 0 amide bonds. The fourth-order valence-electron chi connectivity index (χ4n) is 9.54. The van der Waals surface area contributed by atoms with Crippen LogP contribution in [0.1, 0.15) is 25.0 Å². The number of rotatable bonds is 2. The highest BCUT2D eigenvalue weighted by atomic mass is 32.1. The fraction of sp³-hybridized carbons (Fsp3) is 0.0612. The second-order valence-corrected chi connectivity index (χ2v) is 16.0. The molecule has 0 bridgehead atoms. The van der Waals surface area contributed by atoms with Crippen molar-refractivity contribution < 1.29 is 0 Å². The Morgan fingerprint density at radius 2 is 1.12 bits per heavy atom. The SMILES string of the molecule is CC1(C)c2ccccc2-c2cc3c4cc5c(cc4n(-c4ccc6ccc7c(-c8ccccc8)ccc8ccc4c6c87)c3cc21)sc1ccccc15. The Morgan fingerprint density at radius 3 is 2.00 bits per heavy atom. The minimum atomic E-state index is -0.0888.